The highest BCUT2D eigenvalue weighted by atomic mass is 16.5. The number of ether oxygens (including phenoxy) is 1. The summed E-state index contributed by atoms with van der Waals surface area (Å²) in [7, 11) is 0. The van der Waals surface area contributed by atoms with E-state index in [0.29, 0.717) is 18.0 Å². The van der Waals surface area contributed by atoms with Gasteiger partial charge in [-0.25, -0.2) is 0 Å². The van der Waals surface area contributed by atoms with Gasteiger partial charge in [-0.15, -0.1) is 0 Å². The molecule has 1 fully saturated rings. The lowest BCUT2D eigenvalue weighted by molar-refractivity contribution is 0.102. The molecule has 0 bridgehead atoms. The molecule has 0 aliphatic carbocycles. The Labute approximate surface area is 120 Å². The van der Waals surface area contributed by atoms with Crippen molar-refractivity contribution in [3.8, 4) is 0 Å². The van der Waals surface area contributed by atoms with Crippen LogP contribution in [0, 0.1) is 5.92 Å². The third-order valence-electron chi connectivity index (χ3n) is 4.12. The number of nitrogens with one attached hydrogen (secondary N) is 1. The van der Waals surface area contributed by atoms with Crippen LogP contribution in [0.3, 0.4) is 0 Å². The van der Waals surface area contributed by atoms with Gasteiger partial charge in [-0.3, -0.25) is 0 Å². The fourth-order valence-corrected chi connectivity index (χ4v) is 2.84. The number of nitrogens with zero attached hydrogens (tertiary/aromatic N) is 1. The molecule has 3 heteroatoms. The van der Waals surface area contributed by atoms with Crippen molar-refractivity contribution >= 4 is 0 Å². The van der Waals surface area contributed by atoms with Crippen LogP contribution in [0.5, 0.6) is 0 Å². The Morgan fingerprint density at radius 3 is 2.63 bits per heavy atom. The number of hydrogen-bond donors (Lipinski definition) is 1. The van der Waals surface area contributed by atoms with Crippen LogP contribution >= 0.6 is 0 Å². The topological polar surface area (TPSA) is 24.5 Å². The summed E-state index contributed by atoms with van der Waals surface area (Å²) in [6.07, 6.45) is 5.21. The first-order valence-corrected chi connectivity index (χ1v) is 8.23. The molecule has 0 aromatic heterocycles. The van der Waals surface area contributed by atoms with Crippen molar-refractivity contribution in [2.24, 2.45) is 5.92 Å². The third-order valence-corrected chi connectivity index (χ3v) is 4.12. The fourth-order valence-electron chi connectivity index (χ4n) is 2.84. The van der Waals surface area contributed by atoms with Gasteiger partial charge in [0.05, 0.1) is 6.61 Å². The Balaban J connectivity index is 2.37. The van der Waals surface area contributed by atoms with Crippen LogP contribution in [0.25, 0.3) is 0 Å². The van der Waals surface area contributed by atoms with Crippen LogP contribution in [0.1, 0.15) is 53.4 Å². The second kappa shape index (κ2) is 9.73. The minimum atomic E-state index is 0.502. The van der Waals surface area contributed by atoms with E-state index in [9.17, 15) is 0 Å². The second-order valence-corrected chi connectivity index (χ2v) is 6.15. The molecule has 2 unspecified atom stereocenters. The van der Waals surface area contributed by atoms with Gasteiger partial charge in [0.2, 0.25) is 0 Å². The zero-order valence-corrected chi connectivity index (χ0v) is 13.5. The van der Waals surface area contributed by atoms with Crippen LogP contribution in [0.4, 0.5) is 0 Å². The summed E-state index contributed by atoms with van der Waals surface area (Å²) in [6, 6.07) is 1.18. The molecule has 1 saturated heterocycles. The summed E-state index contributed by atoms with van der Waals surface area (Å²) in [5.41, 5.74) is 0. The van der Waals surface area contributed by atoms with E-state index in [0.717, 1.165) is 13.2 Å². The van der Waals surface area contributed by atoms with E-state index in [1.54, 1.807) is 0 Å². The first-order valence-electron chi connectivity index (χ1n) is 8.23. The largest absolute Gasteiger partial charge is 0.380 e. The molecule has 0 spiro atoms. The van der Waals surface area contributed by atoms with Crippen molar-refractivity contribution in [3.63, 3.8) is 0 Å². The maximum atomic E-state index is 5.62. The van der Waals surface area contributed by atoms with Crippen molar-refractivity contribution in [1.29, 1.82) is 0 Å². The maximum Gasteiger partial charge on any atom is 0.0622 e. The van der Waals surface area contributed by atoms with E-state index in [2.05, 4.69) is 37.9 Å². The van der Waals surface area contributed by atoms with Gasteiger partial charge in [0.15, 0.2) is 0 Å². The molecule has 1 aliphatic heterocycles. The summed E-state index contributed by atoms with van der Waals surface area (Å²) in [5.74, 6) is 0.640. The summed E-state index contributed by atoms with van der Waals surface area (Å²) in [6.45, 7) is 14.4. The van der Waals surface area contributed by atoms with E-state index in [1.165, 1.54) is 45.3 Å². The van der Waals surface area contributed by atoms with Crippen molar-refractivity contribution in [3.05, 3.63) is 0 Å². The molecule has 1 N–H and O–H groups in total. The molecule has 1 heterocycles. The quantitative estimate of drug-likeness (QED) is 0.734. The highest BCUT2D eigenvalue weighted by Gasteiger charge is 2.21. The van der Waals surface area contributed by atoms with Crippen LogP contribution < -0.4 is 5.32 Å². The lowest BCUT2D eigenvalue weighted by Crippen LogP contribution is -2.44. The van der Waals surface area contributed by atoms with Crippen LogP contribution in [0.15, 0.2) is 0 Å². The van der Waals surface area contributed by atoms with E-state index in [-0.39, 0.29) is 0 Å². The smallest absolute Gasteiger partial charge is 0.0622 e. The van der Waals surface area contributed by atoms with Crippen molar-refractivity contribution < 1.29 is 4.74 Å². The molecule has 0 radical (unpaired) electrons. The van der Waals surface area contributed by atoms with Gasteiger partial charge in [0.1, 0.15) is 0 Å². The molecule has 3 nitrogen and oxygen atoms in total. The highest BCUT2D eigenvalue weighted by Crippen LogP contribution is 2.14. The summed E-state index contributed by atoms with van der Waals surface area (Å²) < 4.78 is 5.62. The van der Waals surface area contributed by atoms with Gasteiger partial charge in [-0.2, -0.15) is 0 Å². The first-order chi connectivity index (χ1) is 9.17. The Bertz CT molecular complexity index is 221. The SMILES string of the molecule is CCCN1CCCC(NC(COCC)C(C)C)CC1. The van der Waals surface area contributed by atoms with Crippen LogP contribution in [0.2, 0.25) is 0 Å². The predicted molar refractivity (Wildman–Crippen MR) is 82.6 cm³/mol. The molecule has 0 saturated carbocycles. The number of rotatable bonds is 8. The minimum absolute atomic E-state index is 0.502. The lowest BCUT2D eigenvalue weighted by atomic mass is 10.0. The van der Waals surface area contributed by atoms with E-state index in [1.807, 2.05) is 0 Å². The second-order valence-electron chi connectivity index (χ2n) is 6.15. The van der Waals surface area contributed by atoms with Crippen molar-refractivity contribution in [2.75, 3.05) is 32.8 Å². The van der Waals surface area contributed by atoms with Crippen molar-refractivity contribution in [1.82, 2.24) is 10.2 Å². The van der Waals surface area contributed by atoms with Gasteiger partial charge in [0, 0.05) is 18.7 Å². The summed E-state index contributed by atoms with van der Waals surface area (Å²) in [4.78, 5) is 2.62. The van der Waals surface area contributed by atoms with E-state index < -0.39 is 0 Å². The Kier molecular flexibility index (Phi) is 8.67. The number of hydrogen-bond acceptors (Lipinski definition) is 3. The van der Waals surface area contributed by atoms with E-state index in [4.69, 9.17) is 4.74 Å². The average molecular weight is 270 g/mol. The predicted octanol–water partition coefficient (Wildman–Crippen LogP) is 2.90. The molecule has 0 aromatic rings. The Morgan fingerprint density at radius 2 is 2.00 bits per heavy atom. The molecule has 0 amide bonds. The van der Waals surface area contributed by atoms with Gasteiger partial charge in [0.25, 0.3) is 0 Å². The molecule has 0 aromatic carbocycles. The third kappa shape index (κ3) is 6.73. The van der Waals surface area contributed by atoms with E-state index >= 15 is 0 Å². The maximum absolute atomic E-state index is 5.62. The Hall–Kier alpha value is -0.120. The zero-order valence-electron chi connectivity index (χ0n) is 13.5. The summed E-state index contributed by atoms with van der Waals surface area (Å²) >= 11 is 0. The molecular formula is C16H34N2O. The van der Waals surface area contributed by atoms with Gasteiger partial charge < -0.3 is 15.0 Å². The monoisotopic (exact) mass is 270 g/mol. The normalized spacial score (nSPS) is 23.5. The minimum Gasteiger partial charge on any atom is -0.380 e. The molecule has 2 atom stereocenters. The Morgan fingerprint density at radius 1 is 1.21 bits per heavy atom. The first kappa shape index (κ1) is 16.9. The highest BCUT2D eigenvalue weighted by molar-refractivity contribution is 4.80. The average Bonchev–Trinajstić information content (AvgIpc) is 2.60. The lowest BCUT2D eigenvalue weighted by Gasteiger charge is -2.28. The van der Waals surface area contributed by atoms with Crippen LogP contribution in [-0.2, 0) is 4.74 Å². The number of likely N-dealkylation sites (tertiary alicyclic amines) is 1. The standard InChI is InChI=1S/C16H34N2O/c1-5-10-18-11-7-8-15(9-12-18)17-16(14(3)4)13-19-6-2/h14-17H,5-13H2,1-4H3. The summed E-state index contributed by atoms with van der Waals surface area (Å²) in [5, 5.41) is 3.84. The van der Waals surface area contributed by atoms with Gasteiger partial charge >= 0.3 is 0 Å². The van der Waals surface area contributed by atoms with Gasteiger partial charge in [-0.1, -0.05) is 20.8 Å². The van der Waals surface area contributed by atoms with Crippen LogP contribution in [-0.4, -0.2) is 49.8 Å². The molecule has 19 heavy (non-hydrogen) atoms. The molecule has 114 valence electrons. The fraction of sp³-hybridized carbons (Fsp3) is 1.00. The zero-order chi connectivity index (χ0) is 14.1. The van der Waals surface area contributed by atoms with Gasteiger partial charge in [-0.05, 0) is 58.2 Å². The van der Waals surface area contributed by atoms with Crippen molar-refractivity contribution in [2.45, 2.75) is 65.5 Å². The molecular weight excluding hydrogens is 236 g/mol. The molecule has 1 rings (SSSR count). The molecule has 1 aliphatic rings.